The fraction of sp³-hybridized carbons (Fsp3) is 0.333. The number of sulfonamides is 1. The number of hydrogen-bond acceptors (Lipinski definition) is 4. The molecular weight excluding hydrogens is 316 g/mol. The van der Waals surface area contributed by atoms with Gasteiger partial charge in [0.25, 0.3) is 0 Å². The highest BCUT2D eigenvalue weighted by Crippen LogP contribution is 2.29. The molecular formula is C15H18N4O3S. The van der Waals surface area contributed by atoms with Crippen molar-refractivity contribution in [1.82, 2.24) is 14.5 Å². The van der Waals surface area contributed by atoms with E-state index in [1.54, 1.807) is 17.4 Å². The standard InChI is InChI=1S/C15H18N4O3S/c16-23(21,22)13-8-15(20)19(9-13)14(10-18-7-6-17-11-18)12-4-2-1-3-5-12/h1-7,11,13-14H,8-10H2,(H2,16,21,22). The third-order valence-corrected chi connectivity index (χ3v) is 5.34. The van der Waals surface area contributed by atoms with Crippen molar-refractivity contribution in [2.75, 3.05) is 6.54 Å². The maximum Gasteiger partial charge on any atom is 0.224 e. The molecule has 8 heteroatoms. The Balaban J connectivity index is 1.91. The molecule has 1 saturated heterocycles. The summed E-state index contributed by atoms with van der Waals surface area (Å²) < 4.78 is 25.0. The quantitative estimate of drug-likeness (QED) is 0.861. The Morgan fingerprint density at radius 3 is 2.61 bits per heavy atom. The van der Waals surface area contributed by atoms with Crippen LogP contribution < -0.4 is 5.14 Å². The molecule has 3 rings (SSSR count). The lowest BCUT2D eigenvalue weighted by Crippen LogP contribution is -2.35. The molecule has 23 heavy (non-hydrogen) atoms. The number of nitrogens with two attached hydrogens (primary N) is 1. The van der Waals surface area contributed by atoms with E-state index in [0.29, 0.717) is 6.54 Å². The van der Waals surface area contributed by atoms with Crippen molar-refractivity contribution in [1.29, 1.82) is 0 Å². The molecule has 0 bridgehead atoms. The average Bonchev–Trinajstić information content (AvgIpc) is 3.15. The summed E-state index contributed by atoms with van der Waals surface area (Å²) in [6.07, 6.45) is 5.09. The lowest BCUT2D eigenvalue weighted by molar-refractivity contribution is -0.130. The van der Waals surface area contributed by atoms with Crippen LogP contribution in [0.3, 0.4) is 0 Å². The first-order chi connectivity index (χ1) is 10.9. The van der Waals surface area contributed by atoms with Crippen molar-refractivity contribution in [2.45, 2.75) is 24.3 Å². The monoisotopic (exact) mass is 334 g/mol. The third kappa shape index (κ3) is 3.43. The molecule has 0 aliphatic carbocycles. The van der Waals surface area contributed by atoms with Gasteiger partial charge in [0, 0.05) is 31.9 Å². The molecule has 1 amide bonds. The maximum atomic E-state index is 12.4. The Morgan fingerprint density at radius 2 is 2.04 bits per heavy atom. The predicted molar refractivity (Wildman–Crippen MR) is 84.6 cm³/mol. The van der Waals surface area contributed by atoms with Crippen LogP contribution in [0.5, 0.6) is 0 Å². The summed E-state index contributed by atoms with van der Waals surface area (Å²) >= 11 is 0. The SMILES string of the molecule is NS(=O)(=O)C1CC(=O)N(C(Cn2ccnc2)c2ccccc2)C1. The molecule has 1 aromatic heterocycles. The normalized spacial score (nSPS) is 20.0. The van der Waals surface area contributed by atoms with E-state index in [4.69, 9.17) is 5.14 Å². The van der Waals surface area contributed by atoms with Crippen LogP contribution in [0.15, 0.2) is 49.1 Å². The Labute approximate surface area is 134 Å². The van der Waals surface area contributed by atoms with Crippen molar-refractivity contribution in [3.8, 4) is 0 Å². The molecule has 1 fully saturated rings. The summed E-state index contributed by atoms with van der Waals surface area (Å²) in [5.74, 6) is -0.196. The lowest BCUT2D eigenvalue weighted by atomic mass is 10.1. The van der Waals surface area contributed by atoms with Gasteiger partial charge in [0.2, 0.25) is 15.9 Å². The van der Waals surface area contributed by atoms with E-state index < -0.39 is 15.3 Å². The van der Waals surface area contributed by atoms with Crippen LogP contribution in [0.2, 0.25) is 0 Å². The predicted octanol–water partition coefficient (Wildman–Crippen LogP) is 0.514. The van der Waals surface area contributed by atoms with Crippen LogP contribution in [0.4, 0.5) is 0 Å². The highest BCUT2D eigenvalue weighted by molar-refractivity contribution is 7.89. The molecule has 1 aliphatic heterocycles. The van der Waals surface area contributed by atoms with Crippen LogP contribution in [0, 0.1) is 0 Å². The van der Waals surface area contributed by atoms with Gasteiger partial charge in [0.05, 0.1) is 12.4 Å². The summed E-state index contributed by atoms with van der Waals surface area (Å²) in [7, 11) is -3.73. The minimum Gasteiger partial charge on any atom is -0.335 e. The minimum absolute atomic E-state index is 0.0634. The van der Waals surface area contributed by atoms with Crippen LogP contribution in [-0.4, -0.2) is 40.6 Å². The van der Waals surface area contributed by atoms with Gasteiger partial charge in [0.1, 0.15) is 5.25 Å². The molecule has 0 spiro atoms. The van der Waals surface area contributed by atoms with E-state index in [2.05, 4.69) is 4.98 Å². The van der Waals surface area contributed by atoms with E-state index in [9.17, 15) is 13.2 Å². The summed E-state index contributed by atoms with van der Waals surface area (Å²) in [5.41, 5.74) is 0.949. The summed E-state index contributed by atoms with van der Waals surface area (Å²) in [6.45, 7) is 0.624. The van der Waals surface area contributed by atoms with Crippen molar-refractivity contribution in [2.24, 2.45) is 5.14 Å². The molecule has 1 aliphatic rings. The van der Waals surface area contributed by atoms with E-state index in [1.807, 2.05) is 41.1 Å². The Bertz CT molecular complexity index is 774. The lowest BCUT2D eigenvalue weighted by Gasteiger charge is -2.29. The molecule has 0 saturated carbocycles. The molecule has 2 N–H and O–H groups in total. The van der Waals surface area contributed by atoms with Crippen LogP contribution in [0.25, 0.3) is 0 Å². The Kier molecular flexibility index (Phi) is 4.18. The van der Waals surface area contributed by atoms with Gasteiger partial charge < -0.3 is 9.47 Å². The minimum atomic E-state index is -3.73. The fourth-order valence-electron chi connectivity index (χ4n) is 2.87. The van der Waals surface area contributed by atoms with Gasteiger partial charge in [-0.3, -0.25) is 4.79 Å². The maximum absolute atomic E-state index is 12.4. The van der Waals surface area contributed by atoms with E-state index in [0.717, 1.165) is 5.56 Å². The number of carbonyl (C=O) groups excluding carboxylic acids is 1. The van der Waals surface area contributed by atoms with Crippen molar-refractivity contribution < 1.29 is 13.2 Å². The Hall–Kier alpha value is -2.19. The Morgan fingerprint density at radius 1 is 1.30 bits per heavy atom. The van der Waals surface area contributed by atoms with Gasteiger partial charge in [-0.15, -0.1) is 0 Å². The highest BCUT2D eigenvalue weighted by Gasteiger charge is 2.40. The molecule has 2 heterocycles. The zero-order valence-electron chi connectivity index (χ0n) is 12.4. The molecule has 2 unspecified atom stereocenters. The number of hydrogen-bond donors (Lipinski definition) is 1. The van der Waals surface area contributed by atoms with E-state index in [1.165, 1.54) is 0 Å². The van der Waals surface area contributed by atoms with Gasteiger partial charge in [-0.1, -0.05) is 30.3 Å². The zero-order valence-corrected chi connectivity index (χ0v) is 13.3. The summed E-state index contributed by atoms with van der Waals surface area (Å²) in [4.78, 5) is 18.0. The van der Waals surface area contributed by atoms with Gasteiger partial charge in [-0.05, 0) is 5.56 Å². The number of likely N-dealkylation sites (tertiary alicyclic amines) is 1. The van der Waals surface area contributed by atoms with Gasteiger partial charge >= 0.3 is 0 Å². The number of aromatic nitrogens is 2. The van der Waals surface area contributed by atoms with Gasteiger partial charge in [0.15, 0.2) is 0 Å². The van der Waals surface area contributed by atoms with Crippen LogP contribution in [-0.2, 0) is 21.4 Å². The number of imidazole rings is 1. The molecule has 2 aromatic rings. The first-order valence-electron chi connectivity index (χ1n) is 7.27. The fourth-order valence-corrected chi connectivity index (χ4v) is 3.62. The molecule has 1 aromatic carbocycles. The van der Waals surface area contributed by atoms with Crippen molar-refractivity contribution in [3.05, 3.63) is 54.6 Å². The number of benzene rings is 1. The number of carbonyl (C=O) groups is 1. The second kappa shape index (κ2) is 6.13. The van der Waals surface area contributed by atoms with Crippen LogP contribution in [0.1, 0.15) is 18.0 Å². The second-order valence-corrected chi connectivity index (χ2v) is 7.49. The van der Waals surface area contributed by atoms with Crippen LogP contribution >= 0.6 is 0 Å². The third-order valence-electron chi connectivity index (χ3n) is 4.09. The largest absolute Gasteiger partial charge is 0.335 e. The summed E-state index contributed by atoms with van der Waals surface area (Å²) in [5, 5.41) is 4.37. The van der Waals surface area contributed by atoms with Crippen molar-refractivity contribution in [3.63, 3.8) is 0 Å². The topological polar surface area (TPSA) is 98.3 Å². The van der Waals surface area contributed by atoms with Gasteiger partial charge in [-0.2, -0.15) is 0 Å². The average molecular weight is 334 g/mol. The van der Waals surface area contributed by atoms with E-state index in [-0.39, 0.29) is 24.9 Å². The number of nitrogens with zero attached hydrogens (tertiary/aromatic N) is 3. The molecule has 0 radical (unpaired) electrons. The summed E-state index contributed by atoms with van der Waals surface area (Å²) in [6, 6.07) is 9.29. The molecule has 7 nitrogen and oxygen atoms in total. The first kappa shape index (κ1) is 15.7. The number of primary sulfonamides is 1. The second-order valence-electron chi connectivity index (χ2n) is 5.65. The van der Waals surface area contributed by atoms with Crippen molar-refractivity contribution >= 4 is 15.9 Å². The molecule has 122 valence electrons. The first-order valence-corrected chi connectivity index (χ1v) is 8.88. The number of amides is 1. The zero-order chi connectivity index (χ0) is 16.4. The number of rotatable bonds is 5. The molecule has 2 atom stereocenters. The van der Waals surface area contributed by atoms with E-state index >= 15 is 0 Å². The highest BCUT2D eigenvalue weighted by atomic mass is 32.2. The smallest absolute Gasteiger partial charge is 0.224 e. The van der Waals surface area contributed by atoms with Gasteiger partial charge in [-0.25, -0.2) is 18.5 Å².